The zero-order valence-corrected chi connectivity index (χ0v) is 17.9. The number of hydrogen-bond acceptors (Lipinski definition) is 4. The van der Waals surface area contributed by atoms with Gasteiger partial charge >= 0.3 is 0 Å². The van der Waals surface area contributed by atoms with Crippen LogP contribution in [0.5, 0.6) is 0 Å². The van der Waals surface area contributed by atoms with Crippen molar-refractivity contribution in [3.8, 4) is 0 Å². The van der Waals surface area contributed by atoms with Crippen LogP contribution in [0.1, 0.15) is 24.0 Å². The van der Waals surface area contributed by atoms with Gasteiger partial charge in [0.25, 0.3) is 10.0 Å². The molecule has 29 heavy (non-hydrogen) atoms. The van der Waals surface area contributed by atoms with Crippen molar-refractivity contribution in [3.05, 3.63) is 57.9 Å². The predicted octanol–water partition coefficient (Wildman–Crippen LogP) is 4.45. The molecular weight excluding hydrogens is 428 g/mol. The summed E-state index contributed by atoms with van der Waals surface area (Å²) in [6.45, 7) is 0.333. The number of halogens is 1. The SMILES string of the molecule is O=C(Nc1ccc2c3c(cccc13)CC2)C1CCCN1S(=O)(=O)c1ccc(Cl)s1. The van der Waals surface area contributed by atoms with Crippen LogP contribution in [-0.4, -0.2) is 31.2 Å². The first kappa shape index (κ1) is 19.1. The second-order valence-electron chi connectivity index (χ2n) is 7.43. The van der Waals surface area contributed by atoms with E-state index < -0.39 is 16.1 Å². The summed E-state index contributed by atoms with van der Waals surface area (Å²) in [5.41, 5.74) is 3.34. The normalized spacial score (nSPS) is 19.1. The number of thiophene rings is 1. The molecule has 150 valence electrons. The first-order valence-electron chi connectivity index (χ1n) is 9.57. The van der Waals surface area contributed by atoms with Crippen molar-refractivity contribution in [1.29, 1.82) is 0 Å². The smallest absolute Gasteiger partial charge is 0.253 e. The summed E-state index contributed by atoms with van der Waals surface area (Å²) < 4.78 is 27.9. The van der Waals surface area contributed by atoms with Gasteiger partial charge in [0.05, 0.1) is 4.34 Å². The van der Waals surface area contributed by atoms with E-state index >= 15 is 0 Å². The standard InChI is InChI=1S/C21H19ClN2O3S2/c22-18-10-11-19(28-18)29(26,27)24-12-2-5-17(24)21(25)23-16-9-8-14-7-6-13-3-1-4-15(16)20(13)14/h1,3-4,8-11,17H,2,5-7,12H2,(H,23,25). The molecule has 2 aliphatic rings. The monoisotopic (exact) mass is 446 g/mol. The fraction of sp³-hybridized carbons (Fsp3) is 0.286. The molecule has 5 nitrogen and oxygen atoms in total. The second kappa shape index (κ2) is 7.09. The third-order valence-electron chi connectivity index (χ3n) is 5.75. The summed E-state index contributed by atoms with van der Waals surface area (Å²) in [6, 6.07) is 12.5. The molecular formula is C21H19ClN2O3S2. The lowest BCUT2D eigenvalue weighted by Crippen LogP contribution is -2.42. The van der Waals surface area contributed by atoms with Crippen molar-refractivity contribution < 1.29 is 13.2 Å². The van der Waals surface area contributed by atoms with E-state index in [2.05, 4.69) is 17.4 Å². The number of benzene rings is 2. The quantitative estimate of drug-likeness (QED) is 0.644. The van der Waals surface area contributed by atoms with Crippen molar-refractivity contribution in [2.24, 2.45) is 0 Å². The highest BCUT2D eigenvalue weighted by Crippen LogP contribution is 2.36. The molecule has 1 unspecified atom stereocenters. The highest BCUT2D eigenvalue weighted by molar-refractivity contribution is 7.91. The van der Waals surface area contributed by atoms with E-state index in [1.165, 1.54) is 26.9 Å². The number of aryl methyl sites for hydroxylation is 2. The van der Waals surface area contributed by atoms with E-state index in [0.29, 0.717) is 23.7 Å². The van der Waals surface area contributed by atoms with Crippen LogP contribution in [0.3, 0.4) is 0 Å². The number of sulfonamides is 1. The maximum Gasteiger partial charge on any atom is 0.253 e. The molecule has 8 heteroatoms. The van der Waals surface area contributed by atoms with Gasteiger partial charge in [-0.05, 0) is 60.4 Å². The third-order valence-corrected chi connectivity index (χ3v) is 9.36. The number of rotatable bonds is 4. The van der Waals surface area contributed by atoms with Gasteiger partial charge in [-0.2, -0.15) is 4.31 Å². The largest absolute Gasteiger partial charge is 0.324 e. The lowest BCUT2D eigenvalue weighted by molar-refractivity contribution is -0.119. The minimum absolute atomic E-state index is 0.174. The van der Waals surface area contributed by atoms with E-state index in [0.717, 1.165) is 35.3 Å². The van der Waals surface area contributed by atoms with Crippen LogP contribution in [-0.2, 0) is 27.7 Å². The van der Waals surface area contributed by atoms with Crippen molar-refractivity contribution in [2.45, 2.75) is 35.9 Å². The van der Waals surface area contributed by atoms with E-state index in [9.17, 15) is 13.2 Å². The number of amides is 1. The Bertz CT molecular complexity index is 1230. The number of nitrogens with one attached hydrogen (secondary N) is 1. The molecule has 1 atom stereocenters. The lowest BCUT2D eigenvalue weighted by atomic mass is 10.0. The van der Waals surface area contributed by atoms with Gasteiger partial charge in [-0.15, -0.1) is 11.3 Å². The molecule has 5 rings (SSSR count). The summed E-state index contributed by atoms with van der Waals surface area (Å²) in [4.78, 5) is 13.1. The number of hydrogen-bond donors (Lipinski definition) is 1. The third kappa shape index (κ3) is 3.17. The molecule has 0 radical (unpaired) electrons. The summed E-state index contributed by atoms with van der Waals surface area (Å²) >= 11 is 6.94. The first-order chi connectivity index (χ1) is 13.9. The minimum atomic E-state index is -3.74. The Morgan fingerprint density at radius 1 is 1.10 bits per heavy atom. The van der Waals surface area contributed by atoms with Crippen LogP contribution < -0.4 is 5.32 Å². The highest BCUT2D eigenvalue weighted by Gasteiger charge is 2.40. The molecule has 1 fully saturated rings. The van der Waals surface area contributed by atoms with Gasteiger partial charge in [0.1, 0.15) is 10.3 Å². The number of carbonyl (C=O) groups excluding carboxylic acids is 1. The Hall–Kier alpha value is -1.93. The van der Waals surface area contributed by atoms with Crippen LogP contribution in [0.15, 0.2) is 46.7 Å². The van der Waals surface area contributed by atoms with Crippen LogP contribution in [0.2, 0.25) is 4.34 Å². The molecule has 0 bridgehead atoms. The Morgan fingerprint density at radius 2 is 1.90 bits per heavy atom. The highest BCUT2D eigenvalue weighted by atomic mass is 35.5. The minimum Gasteiger partial charge on any atom is -0.324 e. The van der Waals surface area contributed by atoms with Crippen LogP contribution in [0.25, 0.3) is 10.8 Å². The molecule has 2 aromatic carbocycles. The average molecular weight is 447 g/mol. The van der Waals surface area contributed by atoms with Gasteiger partial charge in [-0.25, -0.2) is 8.42 Å². The Morgan fingerprint density at radius 3 is 2.66 bits per heavy atom. The maximum absolute atomic E-state index is 13.1. The van der Waals surface area contributed by atoms with Crippen LogP contribution in [0.4, 0.5) is 5.69 Å². The van der Waals surface area contributed by atoms with Crippen molar-refractivity contribution in [2.75, 3.05) is 11.9 Å². The topological polar surface area (TPSA) is 66.5 Å². The average Bonchev–Trinajstić information content (AvgIpc) is 3.44. The Balaban J connectivity index is 1.45. The molecule has 0 spiro atoms. The van der Waals surface area contributed by atoms with E-state index in [1.807, 2.05) is 18.2 Å². The molecule has 2 heterocycles. The first-order valence-corrected chi connectivity index (χ1v) is 12.2. The van der Waals surface area contributed by atoms with Crippen LogP contribution in [0, 0.1) is 0 Å². The zero-order valence-electron chi connectivity index (χ0n) is 15.5. The molecule has 1 amide bonds. The molecule has 1 saturated heterocycles. The van der Waals surface area contributed by atoms with Crippen molar-refractivity contribution in [1.82, 2.24) is 4.31 Å². The van der Waals surface area contributed by atoms with Gasteiger partial charge in [0.15, 0.2) is 0 Å². The van der Waals surface area contributed by atoms with Crippen molar-refractivity contribution >= 4 is 55.3 Å². The van der Waals surface area contributed by atoms with E-state index in [4.69, 9.17) is 11.6 Å². The summed E-state index contributed by atoms with van der Waals surface area (Å²) in [5.74, 6) is -0.285. The lowest BCUT2D eigenvalue weighted by Gasteiger charge is -2.23. The summed E-state index contributed by atoms with van der Waals surface area (Å²) in [7, 11) is -3.74. The van der Waals surface area contributed by atoms with Gasteiger partial charge < -0.3 is 5.32 Å². The van der Waals surface area contributed by atoms with E-state index in [1.54, 1.807) is 6.07 Å². The molecule has 1 aromatic heterocycles. The molecule has 1 aliphatic carbocycles. The van der Waals surface area contributed by atoms with Gasteiger partial charge in [-0.3, -0.25) is 4.79 Å². The fourth-order valence-corrected chi connectivity index (χ4v) is 7.68. The second-order valence-corrected chi connectivity index (χ2v) is 11.3. The zero-order chi connectivity index (χ0) is 20.2. The maximum atomic E-state index is 13.1. The predicted molar refractivity (Wildman–Crippen MR) is 116 cm³/mol. The molecule has 1 aliphatic heterocycles. The number of carbonyl (C=O) groups is 1. The molecule has 1 N–H and O–H groups in total. The summed E-state index contributed by atoms with van der Waals surface area (Å²) in [5, 5.41) is 5.23. The number of anilines is 1. The van der Waals surface area contributed by atoms with Gasteiger partial charge in [-0.1, -0.05) is 35.9 Å². The van der Waals surface area contributed by atoms with Gasteiger partial charge in [0, 0.05) is 17.6 Å². The fourth-order valence-electron chi connectivity index (χ4n) is 4.41. The molecule has 3 aromatic rings. The van der Waals surface area contributed by atoms with Crippen molar-refractivity contribution in [3.63, 3.8) is 0 Å². The number of nitrogens with zero attached hydrogens (tertiary/aromatic N) is 1. The Labute approximate surface area is 178 Å². The van der Waals surface area contributed by atoms with Gasteiger partial charge in [0.2, 0.25) is 5.91 Å². The Kier molecular flexibility index (Phi) is 4.66. The van der Waals surface area contributed by atoms with Crippen LogP contribution >= 0.6 is 22.9 Å². The summed E-state index contributed by atoms with van der Waals surface area (Å²) in [6.07, 6.45) is 3.19. The van der Waals surface area contributed by atoms with E-state index in [-0.39, 0.29) is 10.1 Å². The molecule has 0 saturated carbocycles.